The third-order valence-corrected chi connectivity index (χ3v) is 4.25. The Bertz CT molecular complexity index is 819. The molecule has 0 aromatic heterocycles. The summed E-state index contributed by atoms with van der Waals surface area (Å²) >= 11 is 0. The van der Waals surface area contributed by atoms with Gasteiger partial charge in [0.25, 0.3) is 11.8 Å². The third-order valence-electron chi connectivity index (χ3n) is 4.25. The Balaban J connectivity index is 1.82. The molecule has 0 N–H and O–H groups in total. The van der Waals surface area contributed by atoms with Gasteiger partial charge in [-0.3, -0.25) is 9.59 Å². The predicted molar refractivity (Wildman–Crippen MR) is 89.1 cm³/mol. The summed E-state index contributed by atoms with van der Waals surface area (Å²) in [5.41, 5.74) is 0.0711. The molecule has 25 heavy (non-hydrogen) atoms. The number of benzene rings is 2. The van der Waals surface area contributed by atoms with E-state index >= 15 is 0 Å². The minimum atomic E-state index is -1.05. The summed E-state index contributed by atoms with van der Waals surface area (Å²) in [6.07, 6.45) is 0. The van der Waals surface area contributed by atoms with E-state index in [0.717, 1.165) is 0 Å². The molecule has 0 fully saturated rings. The molecule has 2 aromatic rings. The van der Waals surface area contributed by atoms with E-state index in [0.29, 0.717) is 16.4 Å². The van der Waals surface area contributed by atoms with Crippen LogP contribution in [0.4, 0.5) is 0 Å². The van der Waals surface area contributed by atoms with Crippen LogP contribution in [0.25, 0.3) is 0 Å². The smallest absolute Gasteiger partial charge is 0.343 e. The van der Waals surface area contributed by atoms with E-state index in [1.165, 1.54) is 12.1 Å². The van der Waals surface area contributed by atoms with Gasteiger partial charge in [0.2, 0.25) is 0 Å². The lowest BCUT2D eigenvalue weighted by molar-refractivity contribution is -0.174. The van der Waals surface area contributed by atoms with Crippen LogP contribution in [0, 0.1) is 0 Å². The molecule has 0 saturated carbocycles. The first kappa shape index (κ1) is 16.7. The number of amides is 2. The molecule has 2 aromatic carbocycles. The van der Waals surface area contributed by atoms with Crippen molar-refractivity contribution in [1.29, 1.82) is 0 Å². The van der Waals surface area contributed by atoms with Gasteiger partial charge in [0.1, 0.15) is 5.75 Å². The Hall–Kier alpha value is -3.15. The highest BCUT2D eigenvalue weighted by atomic mass is 16.7. The minimum Gasteiger partial charge on any atom is -0.497 e. The topological polar surface area (TPSA) is 72.9 Å². The highest BCUT2D eigenvalue weighted by Crippen LogP contribution is 2.29. The molecular weight excluding hydrogens is 322 g/mol. The SMILES string of the molecule is COc1ccc(C(C)(C)C(=O)ON2C(=O)c3ccccc3C2=O)cc1. The lowest BCUT2D eigenvalue weighted by Crippen LogP contribution is -2.40. The summed E-state index contributed by atoms with van der Waals surface area (Å²) < 4.78 is 5.10. The molecule has 1 aliphatic rings. The fraction of sp³-hybridized carbons (Fsp3) is 0.211. The van der Waals surface area contributed by atoms with Crippen LogP contribution in [0.2, 0.25) is 0 Å². The second-order valence-corrected chi connectivity index (χ2v) is 6.18. The van der Waals surface area contributed by atoms with Crippen LogP contribution in [0.5, 0.6) is 5.75 Å². The van der Waals surface area contributed by atoms with Crippen LogP contribution < -0.4 is 4.74 Å². The monoisotopic (exact) mass is 339 g/mol. The number of fused-ring (bicyclic) bond motifs is 1. The van der Waals surface area contributed by atoms with Crippen molar-refractivity contribution in [2.75, 3.05) is 7.11 Å². The first-order valence-electron chi connectivity index (χ1n) is 7.71. The average molecular weight is 339 g/mol. The first-order valence-corrected chi connectivity index (χ1v) is 7.71. The average Bonchev–Trinajstić information content (AvgIpc) is 2.87. The van der Waals surface area contributed by atoms with Gasteiger partial charge in [-0.25, -0.2) is 4.79 Å². The van der Waals surface area contributed by atoms with Crippen molar-refractivity contribution in [2.24, 2.45) is 0 Å². The molecule has 128 valence electrons. The van der Waals surface area contributed by atoms with Gasteiger partial charge in [0.15, 0.2) is 0 Å². The Morgan fingerprint density at radius 3 is 1.92 bits per heavy atom. The van der Waals surface area contributed by atoms with E-state index in [9.17, 15) is 14.4 Å². The number of methoxy groups -OCH3 is 1. The van der Waals surface area contributed by atoms with Crippen LogP contribution >= 0.6 is 0 Å². The molecule has 0 saturated heterocycles. The zero-order valence-electron chi connectivity index (χ0n) is 14.1. The summed E-state index contributed by atoms with van der Waals surface area (Å²) in [5.74, 6) is -1.32. The van der Waals surface area contributed by atoms with Crippen molar-refractivity contribution in [3.8, 4) is 5.75 Å². The number of hydrogen-bond donors (Lipinski definition) is 0. The number of carbonyl (C=O) groups excluding carboxylic acids is 3. The molecule has 1 heterocycles. The van der Waals surface area contributed by atoms with Crippen molar-refractivity contribution in [1.82, 2.24) is 5.06 Å². The Kier molecular flexibility index (Phi) is 4.04. The molecule has 0 atom stereocenters. The minimum absolute atomic E-state index is 0.225. The first-order chi connectivity index (χ1) is 11.9. The van der Waals surface area contributed by atoms with Crippen LogP contribution in [-0.2, 0) is 15.0 Å². The Labute approximate surface area is 144 Å². The van der Waals surface area contributed by atoms with Crippen molar-refractivity contribution in [3.63, 3.8) is 0 Å². The number of nitrogens with zero attached hydrogens (tertiary/aromatic N) is 1. The molecule has 6 heteroatoms. The van der Waals surface area contributed by atoms with Gasteiger partial charge in [-0.15, -0.1) is 0 Å². The number of hydrogen-bond acceptors (Lipinski definition) is 5. The van der Waals surface area contributed by atoms with Gasteiger partial charge in [-0.1, -0.05) is 29.3 Å². The summed E-state index contributed by atoms with van der Waals surface area (Å²) in [4.78, 5) is 42.4. The molecule has 0 bridgehead atoms. The van der Waals surface area contributed by atoms with E-state index < -0.39 is 23.2 Å². The van der Waals surface area contributed by atoms with Gasteiger partial charge in [0, 0.05) is 0 Å². The van der Waals surface area contributed by atoms with Gasteiger partial charge >= 0.3 is 5.97 Å². The number of rotatable bonds is 4. The predicted octanol–water partition coefficient (Wildman–Crippen LogP) is 2.73. The lowest BCUT2D eigenvalue weighted by atomic mass is 9.85. The number of imide groups is 1. The lowest BCUT2D eigenvalue weighted by Gasteiger charge is -2.25. The highest BCUT2D eigenvalue weighted by Gasteiger charge is 2.42. The summed E-state index contributed by atoms with van der Waals surface area (Å²) in [6, 6.07) is 13.3. The second-order valence-electron chi connectivity index (χ2n) is 6.18. The zero-order chi connectivity index (χ0) is 18.2. The summed E-state index contributed by atoms with van der Waals surface area (Å²) in [6.45, 7) is 3.32. The standard InChI is InChI=1S/C19H17NO5/c1-19(2,12-8-10-13(24-3)11-9-12)18(23)25-20-16(21)14-6-4-5-7-15(14)17(20)22/h4-11H,1-3H3. The number of carbonyl (C=O) groups is 3. The van der Waals surface area contributed by atoms with Crippen molar-refractivity contribution < 1.29 is 24.0 Å². The largest absolute Gasteiger partial charge is 0.497 e. The van der Waals surface area contributed by atoms with Gasteiger partial charge in [0.05, 0.1) is 23.7 Å². The summed E-state index contributed by atoms with van der Waals surface area (Å²) in [5, 5.41) is 0.526. The fourth-order valence-electron chi connectivity index (χ4n) is 2.57. The maximum atomic E-state index is 12.6. The Morgan fingerprint density at radius 1 is 0.920 bits per heavy atom. The van der Waals surface area contributed by atoms with Gasteiger partial charge < -0.3 is 9.57 Å². The molecule has 3 rings (SSSR count). The molecule has 0 unspecified atom stereocenters. The molecule has 1 aliphatic heterocycles. The molecular formula is C19H17NO5. The van der Waals surface area contributed by atoms with Crippen molar-refractivity contribution in [2.45, 2.75) is 19.3 Å². The van der Waals surface area contributed by atoms with Crippen molar-refractivity contribution >= 4 is 17.8 Å². The molecule has 0 spiro atoms. The molecule has 6 nitrogen and oxygen atoms in total. The molecule has 0 radical (unpaired) electrons. The van der Waals surface area contributed by atoms with Crippen LogP contribution in [0.15, 0.2) is 48.5 Å². The highest BCUT2D eigenvalue weighted by molar-refractivity contribution is 6.21. The quantitative estimate of drug-likeness (QED) is 0.801. The van der Waals surface area contributed by atoms with Crippen LogP contribution in [0.3, 0.4) is 0 Å². The second kappa shape index (κ2) is 6.05. The summed E-state index contributed by atoms with van der Waals surface area (Å²) in [7, 11) is 1.55. The van der Waals surface area contributed by atoms with E-state index in [-0.39, 0.29) is 11.1 Å². The van der Waals surface area contributed by atoms with E-state index in [1.807, 2.05) is 0 Å². The molecule has 2 amide bonds. The Morgan fingerprint density at radius 2 is 1.44 bits per heavy atom. The van der Waals surface area contributed by atoms with Crippen LogP contribution in [-0.4, -0.2) is 30.0 Å². The zero-order valence-corrected chi connectivity index (χ0v) is 14.1. The maximum Gasteiger partial charge on any atom is 0.343 e. The molecule has 0 aliphatic carbocycles. The third kappa shape index (κ3) is 2.76. The fourth-order valence-corrected chi connectivity index (χ4v) is 2.57. The van der Waals surface area contributed by atoms with E-state index in [4.69, 9.17) is 9.57 Å². The van der Waals surface area contributed by atoms with Gasteiger partial charge in [-0.05, 0) is 43.7 Å². The van der Waals surface area contributed by atoms with E-state index in [2.05, 4.69) is 0 Å². The van der Waals surface area contributed by atoms with E-state index in [1.54, 1.807) is 57.4 Å². The van der Waals surface area contributed by atoms with Crippen molar-refractivity contribution in [3.05, 3.63) is 65.2 Å². The van der Waals surface area contributed by atoms with Gasteiger partial charge in [-0.2, -0.15) is 0 Å². The number of hydroxylamine groups is 2. The normalized spacial score (nSPS) is 13.6. The maximum absolute atomic E-state index is 12.6. The number of ether oxygens (including phenoxy) is 1. The van der Waals surface area contributed by atoms with Crippen LogP contribution in [0.1, 0.15) is 40.1 Å².